The number of halogens is 1. The lowest BCUT2D eigenvalue weighted by atomic mass is 10.1. The second kappa shape index (κ2) is 5.93. The minimum atomic E-state index is -0.298. The third-order valence-corrected chi connectivity index (χ3v) is 3.07. The molecule has 1 aromatic rings. The molecule has 0 aromatic heterocycles. The maximum absolute atomic E-state index is 13.9. The van der Waals surface area contributed by atoms with Crippen LogP contribution in [0.25, 0.3) is 0 Å². The molecule has 0 aliphatic carbocycles. The summed E-state index contributed by atoms with van der Waals surface area (Å²) >= 11 is 0. The number of benzene rings is 1. The molecule has 18 heavy (non-hydrogen) atoms. The predicted molar refractivity (Wildman–Crippen MR) is 68.1 cm³/mol. The van der Waals surface area contributed by atoms with Gasteiger partial charge in [-0.3, -0.25) is 10.3 Å². The Hall–Kier alpha value is -1.46. The van der Waals surface area contributed by atoms with Crippen molar-refractivity contribution in [1.82, 2.24) is 4.90 Å². The van der Waals surface area contributed by atoms with Gasteiger partial charge in [-0.25, -0.2) is 4.39 Å². The van der Waals surface area contributed by atoms with E-state index in [1.54, 1.807) is 12.1 Å². The molecule has 1 aliphatic rings. The number of nitrogens with one attached hydrogen (secondary N) is 1. The Labute approximate surface area is 106 Å². The standard InChI is InChI=1S/C13H18FN3O/c14-12-8-10(13(15)16)2-3-11(12)9-17-4-1-6-18-7-5-17/h2-3,8H,1,4-7,9H2,(H3,15,16). The molecule has 0 atom stereocenters. The maximum atomic E-state index is 13.9. The van der Waals surface area contributed by atoms with E-state index in [2.05, 4.69) is 4.90 Å². The van der Waals surface area contributed by atoms with Crippen LogP contribution in [0.15, 0.2) is 18.2 Å². The molecule has 0 spiro atoms. The Morgan fingerprint density at radius 1 is 1.39 bits per heavy atom. The van der Waals surface area contributed by atoms with Crippen molar-refractivity contribution in [2.75, 3.05) is 26.3 Å². The lowest BCUT2D eigenvalue weighted by molar-refractivity contribution is 0.140. The zero-order valence-corrected chi connectivity index (χ0v) is 10.3. The Kier molecular flexibility index (Phi) is 4.28. The molecule has 1 aliphatic heterocycles. The monoisotopic (exact) mass is 251 g/mol. The van der Waals surface area contributed by atoms with Crippen molar-refractivity contribution in [1.29, 1.82) is 5.41 Å². The largest absolute Gasteiger partial charge is 0.384 e. The number of hydrogen-bond acceptors (Lipinski definition) is 3. The van der Waals surface area contributed by atoms with E-state index in [1.165, 1.54) is 6.07 Å². The van der Waals surface area contributed by atoms with Gasteiger partial charge in [0.25, 0.3) is 0 Å². The molecule has 4 nitrogen and oxygen atoms in total. The Morgan fingerprint density at radius 3 is 2.94 bits per heavy atom. The topological polar surface area (TPSA) is 62.3 Å². The molecule has 1 heterocycles. The van der Waals surface area contributed by atoms with Gasteiger partial charge in [-0.2, -0.15) is 0 Å². The summed E-state index contributed by atoms with van der Waals surface area (Å²) < 4.78 is 19.2. The molecule has 0 bridgehead atoms. The first-order valence-corrected chi connectivity index (χ1v) is 6.10. The van der Waals surface area contributed by atoms with Crippen molar-refractivity contribution >= 4 is 5.84 Å². The molecule has 1 fully saturated rings. The highest BCUT2D eigenvalue weighted by Gasteiger charge is 2.12. The minimum absolute atomic E-state index is 0.108. The van der Waals surface area contributed by atoms with Gasteiger partial charge >= 0.3 is 0 Å². The maximum Gasteiger partial charge on any atom is 0.128 e. The number of nitrogens with two attached hydrogens (primary N) is 1. The van der Waals surface area contributed by atoms with Gasteiger partial charge in [-0.05, 0) is 12.5 Å². The summed E-state index contributed by atoms with van der Waals surface area (Å²) in [6.07, 6.45) is 0.979. The van der Waals surface area contributed by atoms with Crippen LogP contribution in [0, 0.1) is 11.2 Å². The molecule has 0 saturated carbocycles. The summed E-state index contributed by atoms with van der Waals surface area (Å²) in [7, 11) is 0. The molecular weight excluding hydrogens is 233 g/mol. The highest BCUT2D eigenvalue weighted by Crippen LogP contribution is 2.14. The van der Waals surface area contributed by atoms with Gasteiger partial charge in [-0.15, -0.1) is 0 Å². The molecular formula is C13H18FN3O. The minimum Gasteiger partial charge on any atom is -0.384 e. The van der Waals surface area contributed by atoms with E-state index in [4.69, 9.17) is 15.9 Å². The van der Waals surface area contributed by atoms with E-state index in [1.807, 2.05) is 0 Å². The lowest BCUT2D eigenvalue weighted by Gasteiger charge is -2.19. The average Bonchev–Trinajstić information content (AvgIpc) is 2.60. The molecule has 2 rings (SSSR count). The van der Waals surface area contributed by atoms with Crippen LogP contribution < -0.4 is 5.73 Å². The van der Waals surface area contributed by atoms with Gasteiger partial charge in [0.2, 0.25) is 0 Å². The van der Waals surface area contributed by atoms with Gasteiger partial charge in [-0.1, -0.05) is 12.1 Å². The van der Waals surface area contributed by atoms with E-state index in [0.717, 1.165) is 26.1 Å². The second-order valence-corrected chi connectivity index (χ2v) is 4.46. The fourth-order valence-electron chi connectivity index (χ4n) is 2.04. The van der Waals surface area contributed by atoms with E-state index in [-0.39, 0.29) is 11.7 Å². The predicted octanol–water partition coefficient (Wildman–Crippen LogP) is 1.33. The first-order chi connectivity index (χ1) is 8.66. The number of nitrogens with zero attached hydrogens (tertiary/aromatic N) is 1. The van der Waals surface area contributed by atoms with Crippen molar-refractivity contribution in [3.8, 4) is 0 Å². The van der Waals surface area contributed by atoms with Gasteiger partial charge in [0.05, 0.1) is 6.61 Å². The fourth-order valence-corrected chi connectivity index (χ4v) is 2.04. The molecule has 0 unspecified atom stereocenters. The zero-order valence-electron chi connectivity index (χ0n) is 10.3. The van der Waals surface area contributed by atoms with Crippen LogP contribution in [0.2, 0.25) is 0 Å². The van der Waals surface area contributed by atoms with Gasteiger partial charge < -0.3 is 10.5 Å². The second-order valence-electron chi connectivity index (χ2n) is 4.46. The van der Waals surface area contributed by atoms with E-state index < -0.39 is 0 Å². The summed E-state index contributed by atoms with van der Waals surface area (Å²) in [5.41, 5.74) is 6.39. The normalized spacial score (nSPS) is 17.4. The number of rotatable bonds is 3. The van der Waals surface area contributed by atoms with Crippen molar-refractivity contribution in [2.24, 2.45) is 5.73 Å². The SMILES string of the molecule is N=C(N)c1ccc(CN2CCCOCC2)c(F)c1. The van der Waals surface area contributed by atoms with Gasteiger partial charge in [0.15, 0.2) is 0 Å². The van der Waals surface area contributed by atoms with E-state index in [9.17, 15) is 4.39 Å². The summed E-state index contributed by atoms with van der Waals surface area (Å²) in [5, 5.41) is 7.27. The van der Waals surface area contributed by atoms with Crippen molar-refractivity contribution in [3.05, 3.63) is 35.1 Å². The molecule has 98 valence electrons. The zero-order chi connectivity index (χ0) is 13.0. The molecule has 1 saturated heterocycles. The molecule has 0 radical (unpaired) electrons. The van der Waals surface area contributed by atoms with Gasteiger partial charge in [0, 0.05) is 37.4 Å². The van der Waals surface area contributed by atoms with E-state index >= 15 is 0 Å². The Morgan fingerprint density at radius 2 is 2.22 bits per heavy atom. The summed E-state index contributed by atoms with van der Waals surface area (Å²) in [5.74, 6) is -0.406. The van der Waals surface area contributed by atoms with Crippen molar-refractivity contribution in [2.45, 2.75) is 13.0 Å². The van der Waals surface area contributed by atoms with Crippen molar-refractivity contribution < 1.29 is 9.13 Å². The number of ether oxygens (including phenoxy) is 1. The van der Waals surface area contributed by atoms with Crippen molar-refractivity contribution in [3.63, 3.8) is 0 Å². The number of amidine groups is 1. The molecule has 0 amide bonds. The number of hydrogen-bond donors (Lipinski definition) is 2. The summed E-state index contributed by atoms with van der Waals surface area (Å²) in [4.78, 5) is 2.18. The van der Waals surface area contributed by atoms with Crippen LogP contribution in [0.5, 0.6) is 0 Å². The highest BCUT2D eigenvalue weighted by molar-refractivity contribution is 5.94. The third-order valence-electron chi connectivity index (χ3n) is 3.07. The highest BCUT2D eigenvalue weighted by atomic mass is 19.1. The summed E-state index contributed by atoms with van der Waals surface area (Å²) in [6, 6.07) is 4.72. The first-order valence-electron chi connectivity index (χ1n) is 6.10. The fraction of sp³-hybridized carbons (Fsp3) is 0.462. The third kappa shape index (κ3) is 3.27. The molecule has 3 N–H and O–H groups in total. The van der Waals surface area contributed by atoms with E-state index in [0.29, 0.717) is 24.3 Å². The Balaban J connectivity index is 2.06. The lowest BCUT2D eigenvalue weighted by Crippen LogP contribution is -2.26. The first kappa shape index (κ1) is 13.0. The number of nitrogen functional groups attached to an aromatic ring is 1. The quantitative estimate of drug-likeness (QED) is 0.629. The summed E-state index contributed by atoms with van der Waals surface area (Å²) in [6.45, 7) is 3.81. The average molecular weight is 251 g/mol. The van der Waals surface area contributed by atoms with Crippen LogP contribution in [0.1, 0.15) is 17.5 Å². The molecule has 5 heteroatoms. The van der Waals surface area contributed by atoms with Crippen LogP contribution in [-0.2, 0) is 11.3 Å². The van der Waals surface area contributed by atoms with Crippen LogP contribution in [-0.4, -0.2) is 37.0 Å². The molecule has 1 aromatic carbocycles. The Bertz CT molecular complexity index is 428. The smallest absolute Gasteiger partial charge is 0.128 e. The van der Waals surface area contributed by atoms with Crippen LogP contribution in [0.3, 0.4) is 0 Å². The van der Waals surface area contributed by atoms with Gasteiger partial charge in [0.1, 0.15) is 11.7 Å². The van der Waals surface area contributed by atoms with Crippen LogP contribution in [0.4, 0.5) is 4.39 Å². The van der Waals surface area contributed by atoms with Crippen LogP contribution >= 0.6 is 0 Å².